The highest BCUT2D eigenvalue weighted by molar-refractivity contribution is 6.29. The van der Waals surface area contributed by atoms with E-state index in [2.05, 4.69) is 5.10 Å². The molecular formula is C11H9ClN2O. The van der Waals surface area contributed by atoms with E-state index in [1.807, 2.05) is 30.3 Å². The molecule has 0 unspecified atom stereocenters. The molecule has 0 N–H and O–H groups in total. The molecule has 0 saturated heterocycles. The van der Waals surface area contributed by atoms with Crippen molar-refractivity contribution in [3.63, 3.8) is 0 Å². The fourth-order valence-electron chi connectivity index (χ4n) is 1.39. The second-order valence-corrected chi connectivity index (χ2v) is 3.29. The predicted molar refractivity (Wildman–Crippen MR) is 62.2 cm³/mol. The van der Waals surface area contributed by atoms with Crippen molar-refractivity contribution in [2.75, 3.05) is 10.9 Å². The number of anilines is 1. The molecule has 0 saturated carbocycles. The number of hydrogen-bond donors (Lipinski definition) is 0. The van der Waals surface area contributed by atoms with Crippen molar-refractivity contribution in [1.29, 1.82) is 0 Å². The van der Waals surface area contributed by atoms with E-state index >= 15 is 0 Å². The molecule has 4 heteroatoms. The van der Waals surface area contributed by atoms with Crippen LogP contribution in [0, 0.1) is 0 Å². The Balaban J connectivity index is 2.48. The highest BCUT2D eigenvalue weighted by Crippen LogP contribution is 2.23. The van der Waals surface area contributed by atoms with Crippen molar-refractivity contribution in [1.82, 2.24) is 0 Å². The van der Waals surface area contributed by atoms with Crippen molar-refractivity contribution in [2.45, 2.75) is 0 Å². The molecule has 0 bridgehead atoms. The highest BCUT2D eigenvalue weighted by atomic mass is 35.5. The molecule has 0 atom stereocenters. The van der Waals surface area contributed by atoms with Crippen molar-refractivity contribution < 1.29 is 4.79 Å². The average molecular weight is 221 g/mol. The van der Waals surface area contributed by atoms with Gasteiger partial charge in [0.25, 0.3) is 5.91 Å². The number of nitrogens with zero attached hydrogens (tertiary/aromatic N) is 2. The lowest BCUT2D eigenvalue weighted by Gasteiger charge is -2.16. The molecule has 0 aliphatic carbocycles. The van der Waals surface area contributed by atoms with E-state index in [-0.39, 0.29) is 11.8 Å². The minimum atomic E-state index is -0.232. The number of hydrogen-bond acceptors (Lipinski definition) is 2. The molecule has 1 aliphatic rings. The Morgan fingerprint density at radius 2 is 2.20 bits per heavy atom. The smallest absolute Gasteiger partial charge is 0.262 e. The van der Waals surface area contributed by atoms with Crippen molar-refractivity contribution >= 4 is 35.5 Å². The minimum absolute atomic E-state index is 0.0777. The Kier molecular flexibility index (Phi) is 2.83. The number of halogens is 1. The van der Waals surface area contributed by atoms with Crippen LogP contribution < -0.4 is 5.01 Å². The number of carbonyl (C=O) groups is 1. The second kappa shape index (κ2) is 4.28. The first-order chi connectivity index (χ1) is 7.33. The maximum atomic E-state index is 11.5. The fourth-order valence-corrected chi connectivity index (χ4v) is 1.50. The van der Waals surface area contributed by atoms with Gasteiger partial charge >= 0.3 is 0 Å². The lowest BCUT2D eigenvalue weighted by molar-refractivity contribution is -0.116. The van der Waals surface area contributed by atoms with Gasteiger partial charge in [-0.1, -0.05) is 24.3 Å². The summed E-state index contributed by atoms with van der Waals surface area (Å²) in [6, 6.07) is 7.54. The van der Waals surface area contributed by atoms with Crippen LogP contribution in [0.2, 0.25) is 0 Å². The van der Waals surface area contributed by atoms with Crippen molar-refractivity contribution in [2.24, 2.45) is 5.10 Å². The number of amides is 1. The van der Waals surface area contributed by atoms with E-state index in [1.54, 1.807) is 12.3 Å². The first-order valence-electron chi connectivity index (χ1n) is 4.51. The highest BCUT2D eigenvalue weighted by Gasteiger charge is 2.16. The number of alkyl halides is 1. The topological polar surface area (TPSA) is 32.7 Å². The summed E-state index contributed by atoms with van der Waals surface area (Å²) in [6.07, 6.45) is 5.27. The Morgan fingerprint density at radius 1 is 1.40 bits per heavy atom. The van der Waals surface area contributed by atoms with E-state index in [9.17, 15) is 4.79 Å². The Morgan fingerprint density at radius 3 is 3.00 bits per heavy atom. The zero-order chi connectivity index (χ0) is 10.7. The van der Waals surface area contributed by atoms with Crippen LogP contribution in [0.1, 0.15) is 5.56 Å². The molecule has 1 aromatic rings. The summed E-state index contributed by atoms with van der Waals surface area (Å²) in [5.41, 5.74) is 1.71. The van der Waals surface area contributed by atoms with E-state index in [4.69, 9.17) is 11.6 Å². The third-order valence-electron chi connectivity index (χ3n) is 2.06. The normalized spacial score (nSPS) is 13.5. The Bertz CT molecular complexity index is 440. The molecule has 1 heterocycles. The van der Waals surface area contributed by atoms with Gasteiger partial charge in [0, 0.05) is 11.8 Å². The number of hydrazone groups is 1. The number of carbonyl (C=O) groups excluding carboxylic acids is 1. The van der Waals surface area contributed by atoms with Crippen LogP contribution in [-0.4, -0.2) is 18.0 Å². The van der Waals surface area contributed by atoms with Crippen LogP contribution in [0.3, 0.4) is 0 Å². The second-order valence-electron chi connectivity index (χ2n) is 3.02. The van der Waals surface area contributed by atoms with Gasteiger partial charge in [0.15, 0.2) is 0 Å². The van der Waals surface area contributed by atoms with Gasteiger partial charge in [0.2, 0.25) is 0 Å². The quantitative estimate of drug-likeness (QED) is 0.669. The monoisotopic (exact) mass is 220 g/mol. The maximum Gasteiger partial charge on any atom is 0.262 e. The van der Waals surface area contributed by atoms with Gasteiger partial charge in [-0.15, -0.1) is 11.6 Å². The van der Waals surface area contributed by atoms with E-state index in [1.165, 1.54) is 5.01 Å². The van der Waals surface area contributed by atoms with Crippen LogP contribution in [-0.2, 0) is 4.79 Å². The third kappa shape index (κ3) is 1.92. The molecule has 3 nitrogen and oxygen atoms in total. The van der Waals surface area contributed by atoms with Crippen LogP contribution in [0.5, 0.6) is 0 Å². The average Bonchev–Trinajstić information content (AvgIpc) is 2.50. The SMILES string of the molecule is O=C(CCl)N1N=CC=Cc2ccccc21. The number of benzene rings is 1. The zero-order valence-corrected chi connectivity index (χ0v) is 8.69. The van der Waals surface area contributed by atoms with Gasteiger partial charge in [-0.2, -0.15) is 10.1 Å². The van der Waals surface area contributed by atoms with Crippen LogP contribution >= 0.6 is 11.6 Å². The lowest BCUT2D eigenvalue weighted by Crippen LogP contribution is -2.26. The molecule has 0 radical (unpaired) electrons. The van der Waals surface area contributed by atoms with E-state index < -0.39 is 0 Å². The summed E-state index contributed by atoms with van der Waals surface area (Å²) >= 11 is 5.52. The summed E-state index contributed by atoms with van der Waals surface area (Å²) in [5, 5.41) is 5.34. The molecule has 76 valence electrons. The van der Waals surface area contributed by atoms with Gasteiger partial charge in [-0.3, -0.25) is 4.79 Å². The molecule has 1 amide bonds. The number of fused-ring (bicyclic) bond motifs is 1. The number of para-hydroxylation sites is 1. The Labute approximate surface area is 92.7 Å². The summed E-state index contributed by atoms with van der Waals surface area (Å²) in [6.45, 7) is 0. The summed E-state index contributed by atoms with van der Waals surface area (Å²) in [5.74, 6) is -0.310. The molecule has 0 fully saturated rings. The molecule has 2 rings (SSSR count). The molecule has 0 aromatic heterocycles. The van der Waals surface area contributed by atoms with E-state index in [0.29, 0.717) is 0 Å². The summed E-state index contributed by atoms with van der Waals surface area (Å²) in [7, 11) is 0. The molecule has 15 heavy (non-hydrogen) atoms. The first-order valence-corrected chi connectivity index (χ1v) is 5.05. The largest absolute Gasteiger partial charge is 0.271 e. The van der Waals surface area contributed by atoms with Gasteiger partial charge < -0.3 is 0 Å². The van der Waals surface area contributed by atoms with Crippen molar-refractivity contribution in [3.8, 4) is 0 Å². The van der Waals surface area contributed by atoms with Crippen LogP contribution in [0.25, 0.3) is 6.08 Å². The Hall–Kier alpha value is -1.61. The zero-order valence-electron chi connectivity index (χ0n) is 7.93. The maximum absolute atomic E-state index is 11.5. The van der Waals surface area contributed by atoms with Gasteiger partial charge in [-0.05, 0) is 12.1 Å². The van der Waals surface area contributed by atoms with Crippen molar-refractivity contribution in [3.05, 3.63) is 35.9 Å². The number of rotatable bonds is 1. The lowest BCUT2D eigenvalue weighted by atomic mass is 10.1. The van der Waals surface area contributed by atoms with Gasteiger partial charge in [0.1, 0.15) is 5.88 Å². The van der Waals surface area contributed by atoms with Gasteiger partial charge in [0.05, 0.1) is 5.69 Å². The molecule has 1 aliphatic heterocycles. The summed E-state index contributed by atoms with van der Waals surface area (Å²) < 4.78 is 0. The fraction of sp³-hybridized carbons (Fsp3) is 0.0909. The molecular weight excluding hydrogens is 212 g/mol. The predicted octanol–water partition coefficient (Wildman–Crippen LogP) is 2.27. The molecule has 1 aromatic carbocycles. The standard InChI is InChI=1S/C11H9ClN2O/c12-8-11(15)14-10-6-2-1-4-9(10)5-3-7-13-14/h1-7H,8H2. The minimum Gasteiger partial charge on any atom is -0.271 e. The third-order valence-corrected chi connectivity index (χ3v) is 2.29. The number of allylic oxidation sites excluding steroid dienone is 1. The van der Waals surface area contributed by atoms with Gasteiger partial charge in [-0.25, -0.2) is 0 Å². The van der Waals surface area contributed by atoms with Crippen LogP contribution in [0.15, 0.2) is 35.4 Å². The molecule has 0 spiro atoms. The van der Waals surface area contributed by atoms with E-state index in [0.717, 1.165) is 11.3 Å². The summed E-state index contributed by atoms with van der Waals surface area (Å²) in [4.78, 5) is 11.5. The van der Waals surface area contributed by atoms with Crippen LogP contribution in [0.4, 0.5) is 5.69 Å². The first kappa shape index (κ1) is 9.93.